The molecular formula is C18H28ClN3O2. The SMILES string of the molecule is CC(C)(C)[C@H](N)C(=O)NCC(c1ccc(Cl)cc1)N1CCOCC1. The molecule has 2 rings (SSSR count). The average molecular weight is 354 g/mol. The summed E-state index contributed by atoms with van der Waals surface area (Å²) < 4.78 is 5.44. The van der Waals surface area contributed by atoms with E-state index >= 15 is 0 Å². The third kappa shape index (κ3) is 5.18. The lowest BCUT2D eigenvalue weighted by atomic mass is 9.87. The zero-order chi connectivity index (χ0) is 17.7. The van der Waals surface area contributed by atoms with Gasteiger partial charge in [-0.2, -0.15) is 0 Å². The molecule has 134 valence electrons. The second-order valence-electron chi connectivity index (χ2n) is 7.30. The first kappa shape index (κ1) is 19.2. The van der Waals surface area contributed by atoms with E-state index in [1.807, 2.05) is 45.0 Å². The molecule has 5 nitrogen and oxygen atoms in total. The molecule has 0 aromatic heterocycles. The second kappa shape index (κ2) is 8.30. The van der Waals surface area contributed by atoms with E-state index in [1.165, 1.54) is 0 Å². The van der Waals surface area contributed by atoms with Crippen molar-refractivity contribution >= 4 is 17.5 Å². The number of hydrogen-bond donors (Lipinski definition) is 2. The van der Waals surface area contributed by atoms with Gasteiger partial charge < -0.3 is 15.8 Å². The highest BCUT2D eigenvalue weighted by Crippen LogP contribution is 2.23. The minimum absolute atomic E-state index is 0.0854. The van der Waals surface area contributed by atoms with Crippen LogP contribution in [0.1, 0.15) is 32.4 Å². The highest BCUT2D eigenvalue weighted by Gasteiger charge is 2.29. The van der Waals surface area contributed by atoms with Crippen molar-refractivity contribution in [3.8, 4) is 0 Å². The van der Waals surface area contributed by atoms with E-state index in [0.29, 0.717) is 24.8 Å². The van der Waals surface area contributed by atoms with Crippen molar-refractivity contribution < 1.29 is 9.53 Å². The van der Waals surface area contributed by atoms with Crippen LogP contribution in [0.3, 0.4) is 0 Å². The zero-order valence-electron chi connectivity index (χ0n) is 14.7. The number of carbonyl (C=O) groups excluding carboxylic acids is 1. The second-order valence-corrected chi connectivity index (χ2v) is 7.74. The van der Waals surface area contributed by atoms with Gasteiger partial charge in [-0.05, 0) is 23.1 Å². The van der Waals surface area contributed by atoms with E-state index in [-0.39, 0.29) is 17.4 Å². The van der Waals surface area contributed by atoms with Crippen LogP contribution >= 0.6 is 11.6 Å². The Hall–Kier alpha value is -1.14. The van der Waals surface area contributed by atoms with Crippen molar-refractivity contribution in [3.63, 3.8) is 0 Å². The Kier molecular flexibility index (Phi) is 6.63. The van der Waals surface area contributed by atoms with Gasteiger partial charge in [0.25, 0.3) is 0 Å². The van der Waals surface area contributed by atoms with Crippen molar-refractivity contribution in [2.45, 2.75) is 32.9 Å². The molecule has 0 radical (unpaired) electrons. The van der Waals surface area contributed by atoms with Gasteiger partial charge in [-0.15, -0.1) is 0 Å². The number of rotatable bonds is 5. The first-order valence-electron chi connectivity index (χ1n) is 8.39. The van der Waals surface area contributed by atoms with Crippen LogP contribution in [0.25, 0.3) is 0 Å². The Morgan fingerprint density at radius 3 is 2.42 bits per heavy atom. The normalized spacial score (nSPS) is 18.9. The molecule has 1 heterocycles. The Labute approximate surface area is 149 Å². The maximum Gasteiger partial charge on any atom is 0.237 e. The highest BCUT2D eigenvalue weighted by atomic mass is 35.5. The third-order valence-corrected chi connectivity index (χ3v) is 4.68. The van der Waals surface area contributed by atoms with Gasteiger partial charge in [0.15, 0.2) is 0 Å². The number of benzene rings is 1. The summed E-state index contributed by atoms with van der Waals surface area (Å²) in [5, 5.41) is 3.73. The number of carbonyl (C=O) groups is 1. The minimum atomic E-state index is -0.534. The maximum absolute atomic E-state index is 12.4. The standard InChI is InChI=1S/C18H28ClN3O2/c1-18(2,3)16(20)17(23)21-12-15(22-8-10-24-11-9-22)13-4-6-14(19)7-5-13/h4-7,15-16H,8-12,20H2,1-3H3,(H,21,23)/t15?,16-/m1/s1. The number of halogens is 1. The number of nitrogens with two attached hydrogens (primary N) is 1. The summed E-state index contributed by atoms with van der Waals surface area (Å²) in [5.74, 6) is -0.116. The molecule has 3 N–H and O–H groups in total. The topological polar surface area (TPSA) is 67.6 Å². The van der Waals surface area contributed by atoms with Crippen LogP contribution in [-0.2, 0) is 9.53 Å². The van der Waals surface area contributed by atoms with E-state index in [0.717, 1.165) is 18.7 Å². The average Bonchev–Trinajstić information content (AvgIpc) is 2.56. The molecule has 0 aliphatic carbocycles. The number of ether oxygens (including phenoxy) is 1. The molecule has 24 heavy (non-hydrogen) atoms. The highest BCUT2D eigenvalue weighted by molar-refractivity contribution is 6.30. The molecule has 0 bridgehead atoms. The quantitative estimate of drug-likeness (QED) is 0.851. The lowest BCUT2D eigenvalue weighted by Gasteiger charge is -2.35. The van der Waals surface area contributed by atoms with E-state index in [2.05, 4.69) is 10.2 Å². The fraction of sp³-hybridized carbons (Fsp3) is 0.611. The van der Waals surface area contributed by atoms with Gasteiger partial charge in [0.05, 0.1) is 25.3 Å². The Morgan fingerprint density at radius 1 is 1.29 bits per heavy atom. The summed E-state index contributed by atoms with van der Waals surface area (Å²) >= 11 is 6.00. The van der Waals surface area contributed by atoms with Crippen molar-refractivity contribution in [1.29, 1.82) is 0 Å². The summed E-state index contributed by atoms with van der Waals surface area (Å²) in [6.45, 7) is 9.52. The van der Waals surface area contributed by atoms with Crippen molar-refractivity contribution in [2.24, 2.45) is 11.1 Å². The molecule has 1 unspecified atom stereocenters. The molecule has 0 spiro atoms. The van der Waals surface area contributed by atoms with E-state index in [1.54, 1.807) is 0 Å². The van der Waals surface area contributed by atoms with Crippen molar-refractivity contribution in [1.82, 2.24) is 10.2 Å². The molecule has 6 heteroatoms. The molecule has 0 saturated carbocycles. The predicted molar refractivity (Wildman–Crippen MR) is 97.0 cm³/mol. The zero-order valence-corrected chi connectivity index (χ0v) is 15.5. The van der Waals surface area contributed by atoms with Crippen molar-refractivity contribution in [3.05, 3.63) is 34.9 Å². The monoisotopic (exact) mass is 353 g/mol. The Morgan fingerprint density at radius 2 is 1.88 bits per heavy atom. The van der Waals surface area contributed by atoms with Crippen LogP contribution in [0, 0.1) is 5.41 Å². The molecule has 1 fully saturated rings. The number of nitrogens with one attached hydrogen (secondary N) is 1. The van der Waals surface area contributed by atoms with Gasteiger partial charge in [-0.25, -0.2) is 0 Å². The molecule has 1 aliphatic heterocycles. The Bertz CT molecular complexity index is 536. The first-order chi connectivity index (χ1) is 11.3. The molecule has 1 saturated heterocycles. The smallest absolute Gasteiger partial charge is 0.237 e. The Balaban J connectivity index is 2.08. The third-order valence-electron chi connectivity index (χ3n) is 4.43. The molecule has 2 atom stereocenters. The lowest BCUT2D eigenvalue weighted by Crippen LogP contribution is -2.51. The van der Waals surface area contributed by atoms with Crippen LogP contribution < -0.4 is 11.1 Å². The molecular weight excluding hydrogens is 326 g/mol. The van der Waals surface area contributed by atoms with Crippen LogP contribution in [-0.4, -0.2) is 49.7 Å². The molecule has 1 aliphatic rings. The van der Waals surface area contributed by atoms with Gasteiger partial charge in [0.2, 0.25) is 5.91 Å². The summed E-state index contributed by atoms with van der Waals surface area (Å²) in [5.41, 5.74) is 6.92. The van der Waals surface area contributed by atoms with Crippen molar-refractivity contribution in [2.75, 3.05) is 32.8 Å². The number of nitrogens with zero attached hydrogens (tertiary/aromatic N) is 1. The summed E-state index contributed by atoms with van der Waals surface area (Å²) in [4.78, 5) is 14.7. The van der Waals surface area contributed by atoms with E-state index in [9.17, 15) is 4.79 Å². The summed E-state index contributed by atoms with van der Waals surface area (Å²) in [6, 6.07) is 7.34. The fourth-order valence-electron chi connectivity index (χ4n) is 2.73. The number of hydrogen-bond acceptors (Lipinski definition) is 4. The van der Waals surface area contributed by atoms with Gasteiger partial charge in [0, 0.05) is 24.7 Å². The number of morpholine rings is 1. The fourth-order valence-corrected chi connectivity index (χ4v) is 2.86. The van der Waals surface area contributed by atoms with E-state index in [4.69, 9.17) is 22.1 Å². The van der Waals surface area contributed by atoms with Gasteiger partial charge in [0.1, 0.15) is 0 Å². The van der Waals surface area contributed by atoms with Gasteiger partial charge in [-0.1, -0.05) is 44.5 Å². The lowest BCUT2D eigenvalue weighted by molar-refractivity contribution is -0.124. The summed E-state index contributed by atoms with van der Waals surface area (Å²) in [6.07, 6.45) is 0. The van der Waals surface area contributed by atoms with Crippen LogP contribution in [0.4, 0.5) is 0 Å². The number of amides is 1. The van der Waals surface area contributed by atoms with Gasteiger partial charge in [-0.3, -0.25) is 9.69 Å². The van der Waals surface area contributed by atoms with Crippen LogP contribution in [0.15, 0.2) is 24.3 Å². The first-order valence-corrected chi connectivity index (χ1v) is 8.77. The van der Waals surface area contributed by atoms with Crippen LogP contribution in [0.5, 0.6) is 0 Å². The largest absolute Gasteiger partial charge is 0.379 e. The summed E-state index contributed by atoms with van der Waals surface area (Å²) in [7, 11) is 0. The van der Waals surface area contributed by atoms with Gasteiger partial charge >= 0.3 is 0 Å². The molecule has 1 aromatic rings. The molecule has 1 amide bonds. The maximum atomic E-state index is 12.4. The van der Waals surface area contributed by atoms with E-state index < -0.39 is 6.04 Å². The van der Waals surface area contributed by atoms with Crippen LogP contribution in [0.2, 0.25) is 5.02 Å². The minimum Gasteiger partial charge on any atom is -0.379 e. The molecule has 1 aromatic carbocycles. The predicted octanol–water partition coefficient (Wildman–Crippen LogP) is 2.20.